The minimum absolute atomic E-state index is 0.0253. The summed E-state index contributed by atoms with van der Waals surface area (Å²) in [5, 5.41) is 1.64. The molecule has 0 aliphatic carbocycles. The van der Waals surface area contributed by atoms with E-state index < -0.39 is 12.1 Å². The standard InChI is InChI=1S/C5H7F3N2OSe/c1-10(2)4(12)9-3(11)5(6,7)8/h1-2H3,(H,9,11,12). The normalized spacial score (nSPS) is 10.8. The van der Waals surface area contributed by atoms with Crippen LogP contribution in [-0.4, -0.2) is 51.3 Å². The van der Waals surface area contributed by atoms with E-state index in [1.54, 1.807) is 5.32 Å². The van der Waals surface area contributed by atoms with Gasteiger partial charge in [0.2, 0.25) is 0 Å². The molecule has 0 spiro atoms. The summed E-state index contributed by atoms with van der Waals surface area (Å²) in [5.41, 5.74) is 0. The van der Waals surface area contributed by atoms with Crippen LogP contribution in [0.15, 0.2) is 0 Å². The van der Waals surface area contributed by atoms with Crippen LogP contribution < -0.4 is 5.32 Å². The minimum atomic E-state index is -4.84. The Balaban J connectivity index is 4.12. The predicted molar refractivity (Wildman–Crippen MR) is 38.6 cm³/mol. The summed E-state index contributed by atoms with van der Waals surface area (Å²) in [7, 11) is 3.00. The third kappa shape index (κ3) is 3.73. The van der Waals surface area contributed by atoms with Gasteiger partial charge in [0.05, 0.1) is 0 Å². The first kappa shape index (κ1) is 11.4. The molecule has 0 rings (SSSR count). The molecular weight excluding hydrogens is 240 g/mol. The molecule has 3 nitrogen and oxygen atoms in total. The van der Waals surface area contributed by atoms with Crippen LogP contribution in [0.5, 0.6) is 0 Å². The van der Waals surface area contributed by atoms with Crippen molar-refractivity contribution in [3.63, 3.8) is 0 Å². The van der Waals surface area contributed by atoms with Gasteiger partial charge < -0.3 is 0 Å². The third-order valence-corrected chi connectivity index (χ3v) is 1.86. The first-order chi connectivity index (χ1) is 5.25. The Morgan fingerprint density at radius 1 is 1.42 bits per heavy atom. The molecule has 0 aromatic rings. The van der Waals surface area contributed by atoms with Crippen LogP contribution in [-0.2, 0) is 4.79 Å². The molecule has 0 aromatic heterocycles. The van der Waals surface area contributed by atoms with Gasteiger partial charge in [-0.15, -0.1) is 0 Å². The summed E-state index contributed by atoms with van der Waals surface area (Å²) >= 11 is 2.29. The number of hydrogen-bond donors (Lipinski definition) is 1. The fourth-order valence-electron chi connectivity index (χ4n) is 0.280. The van der Waals surface area contributed by atoms with Crippen LogP contribution in [0, 0.1) is 0 Å². The number of rotatable bonds is 2. The molecule has 7 heteroatoms. The number of nitrogens with one attached hydrogen (secondary N) is 1. The molecule has 12 heavy (non-hydrogen) atoms. The van der Waals surface area contributed by atoms with Gasteiger partial charge in [-0.3, -0.25) is 0 Å². The summed E-state index contributed by atoms with van der Waals surface area (Å²) in [6.45, 7) is 0. The Labute approximate surface area is 75.3 Å². The number of alkyl halides is 3. The Kier molecular flexibility index (Phi) is 3.73. The number of carbonyl (C=O) groups excluding carboxylic acids is 1. The summed E-state index contributed by atoms with van der Waals surface area (Å²) in [6.07, 6.45) is -4.84. The van der Waals surface area contributed by atoms with Gasteiger partial charge >= 0.3 is 74.6 Å². The van der Waals surface area contributed by atoms with Crippen molar-refractivity contribution in [2.45, 2.75) is 6.18 Å². The molecule has 0 radical (unpaired) electrons. The molecule has 0 unspecified atom stereocenters. The van der Waals surface area contributed by atoms with E-state index in [0.29, 0.717) is 0 Å². The maximum atomic E-state index is 11.6. The SMILES string of the molecule is CN(C)C(=[Se])NC(=O)C(F)(F)F. The molecule has 70 valence electrons. The van der Waals surface area contributed by atoms with Gasteiger partial charge in [0.25, 0.3) is 0 Å². The Bertz CT molecular complexity index is 201. The summed E-state index contributed by atoms with van der Waals surface area (Å²) in [4.78, 5) is 11.6. The molecule has 1 amide bonds. The van der Waals surface area contributed by atoms with Gasteiger partial charge in [-0.25, -0.2) is 0 Å². The van der Waals surface area contributed by atoms with Crippen LogP contribution in [0.1, 0.15) is 0 Å². The number of nitrogens with zero attached hydrogens (tertiary/aromatic N) is 1. The van der Waals surface area contributed by atoms with Crippen LogP contribution in [0.3, 0.4) is 0 Å². The van der Waals surface area contributed by atoms with E-state index in [0.717, 1.165) is 0 Å². The van der Waals surface area contributed by atoms with Crippen molar-refractivity contribution in [1.82, 2.24) is 10.2 Å². The average molecular weight is 247 g/mol. The first-order valence-corrected chi connectivity index (χ1v) is 3.70. The second-order valence-electron chi connectivity index (χ2n) is 2.15. The van der Waals surface area contributed by atoms with Crippen molar-refractivity contribution >= 4 is 26.1 Å². The molecule has 0 aliphatic rings. The average Bonchev–Trinajstić information content (AvgIpc) is 1.85. The zero-order valence-electron chi connectivity index (χ0n) is 6.40. The molecule has 0 heterocycles. The summed E-state index contributed by atoms with van der Waals surface area (Å²) in [5.74, 6) is -1.98. The first-order valence-electron chi connectivity index (χ1n) is 2.84. The van der Waals surface area contributed by atoms with E-state index in [1.807, 2.05) is 0 Å². The van der Waals surface area contributed by atoms with Crippen LogP contribution in [0.2, 0.25) is 0 Å². The quantitative estimate of drug-likeness (QED) is 0.666. The number of hydrogen-bond acceptors (Lipinski definition) is 2. The zero-order chi connectivity index (χ0) is 9.94. The summed E-state index contributed by atoms with van der Waals surface area (Å²) in [6, 6.07) is 0. The molecule has 0 fully saturated rings. The van der Waals surface area contributed by atoms with E-state index in [1.165, 1.54) is 19.0 Å². The fraction of sp³-hybridized carbons (Fsp3) is 0.600. The van der Waals surface area contributed by atoms with Crippen molar-refractivity contribution in [2.75, 3.05) is 14.1 Å². The Morgan fingerprint density at radius 3 is 2.08 bits per heavy atom. The summed E-state index contributed by atoms with van der Waals surface area (Å²) < 4.78 is 34.9. The Hall–Kier alpha value is -0.551. The van der Waals surface area contributed by atoms with Crippen LogP contribution >= 0.6 is 0 Å². The number of halogens is 3. The third-order valence-electron chi connectivity index (χ3n) is 0.884. The van der Waals surface area contributed by atoms with Gasteiger partial charge in [0, 0.05) is 0 Å². The fourth-order valence-corrected chi connectivity index (χ4v) is 0.474. The number of carbonyl (C=O) groups is 1. The van der Waals surface area contributed by atoms with Gasteiger partial charge in [-0.05, 0) is 0 Å². The molecule has 0 saturated heterocycles. The van der Waals surface area contributed by atoms with E-state index in [4.69, 9.17) is 0 Å². The second kappa shape index (κ2) is 3.91. The predicted octanol–water partition coefficient (Wildman–Crippen LogP) is -0.518. The number of amides is 1. The van der Waals surface area contributed by atoms with E-state index in [2.05, 4.69) is 15.6 Å². The van der Waals surface area contributed by atoms with Gasteiger partial charge in [-0.1, -0.05) is 0 Å². The molecule has 1 N–H and O–H groups in total. The van der Waals surface area contributed by atoms with Crippen LogP contribution in [0.4, 0.5) is 13.2 Å². The van der Waals surface area contributed by atoms with Crippen molar-refractivity contribution in [3.05, 3.63) is 0 Å². The second-order valence-corrected chi connectivity index (χ2v) is 2.96. The maximum absolute atomic E-state index is 11.6. The molecule has 0 saturated carbocycles. The van der Waals surface area contributed by atoms with E-state index in [9.17, 15) is 18.0 Å². The molecule has 0 aromatic carbocycles. The van der Waals surface area contributed by atoms with Crippen molar-refractivity contribution in [1.29, 1.82) is 0 Å². The van der Waals surface area contributed by atoms with Gasteiger partial charge in [-0.2, -0.15) is 0 Å². The molecular formula is C5H7F3N2OSe. The van der Waals surface area contributed by atoms with Crippen LogP contribution in [0.25, 0.3) is 0 Å². The monoisotopic (exact) mass is 248 g/mol. The van der Waals surface area contributed by atoms with E-state index >= 15 is 0 Å². The van der Waals surface area contributed by atoms with Crippen molar-refractivity contribution in [3.8, 4) is 0 Å². The van der Waals surface area contributed by atoms with Gasteiger partial charge in [0.1, 0.15) is 0 Å². The topological polar surface area (TPSA) is 32.3 Å². The van der Waals surface area contributed by atoms with Gasteiger partial charge in [0.15, 0.2) is 0 Å². The molecule has 0 atom stereocenters. The van der Waals surface area contributed by atoms with Crippen molar-refractivity contribution in [2.24, 2.45) is 0 Å². The molecule has 0 bridgehead atoms. The Morgan fingerprint density at radius 2 is 1.83 bits per heavy atom. The van der Waals surface area contributed by atoms with Crippen molar-refractivity contribution < 1.29 is 18.0 Å². The molecule has 0 aliphatic heterocycles. The van der Waals surface area contributed by atoms with E-state index in [-0.39, 0.29) is 4.67 Å². The zero-order valence-corrected chi connectivity index (χ0v) is 8.11.